The molecule has 0 spiro atoms. The first-order valence-electron chi connectivity index (χ1n) is 9.37. The number of aliphatic hydroxyl groups is 1. The van der Waals surface area contributed by atoms with Crippen molar-refractivity contribution in [3.8, 4) is 0 Å². The van der Waals surface area contributed by atoms with Crippen LogP contribution in [0.3, 0.4) is 0 Å². The molecule has 1 atom stereocenters. The lowest BCUT2D eigenvalue weighted by Crippen LogP contribution is -2.49. The van der Waals surface area contributed by atoms with Crippen LogP contribution in [0, 0.1) is 0 Å². The van der Waals surface area contributed by atoms with Gasteiger partial charge in [0.05, 0.1) is 11.5 Å². The van der Waals surface area contributed by atoms with Crippen LogP contribution in [-0.4, -0.2) is 22.7 Å². The van der Waals surface area contributed by atoms with Crippen LogP contribution >= 0.6 is 15.9 Å². The number of halogens is 1. The van der Waals surface area contributed by atoms with Gasteiger partial charge in [-0.3, -0.25) is 4.79 Å². The number of carbonyl (C=O) groups excluding carboxylic acids is 1. The van der Waals surface area contributed by atoms with Gasteiger partial charge in [-0.05, 0) is 43.4 Å². The zero-order chi connectivity index (χ0) is 17.0. The van der Waals surface area contributed by atoms with Crippen molar-refractivity contribution < 1.29 is 9.90 Å². The highest BCUT2D eigenvalue weighted by Gasteiger charge is 2.43. The molecule has 2 aliphatic rings. The summed E-state index contributed by atoms with van der Waals surface area (Å²) in [5, 5.41) is 14.5. The van der Waals surface area contributed by atoms with E-state index in [0.29, 0.717) is 12.8 Å². The minimum absolute atomic E-state index is 0.00407. The Hall–Kier alpha value is -0.870. The summed E-state index contributed by atoms with van der Waals surface area (Å²) in [7, 11) is 0. The lowest BCUT2D eigenvalue weighted by Gasteiger charge is -2.39. The van der Waals surface area contributed by atoms with E-state index < -0.39 is 11.5 Å². The van der Waals surface area contributed by atoms with Gasteiger partial charge in [-0.1, -0.05) is 66.6 Å². The maximum Gasteiger partial charge on any atom is 0.230 e. The van der Waals surface area contributed by atoms with Crippen molar-refractivity contribution in [2.75, 3.05) is 0 Å². The quantitative estimate of drug-likeness (QED) is 0.779. The van der Waals surface area contributed by atoms with Crippen LogP contribution in [0.1, 0.15) is 75.7 Å². The molecule has 4 heteroatoms. The summed E-state index contributed by atoms with van der Waals surface area (Å²) in [5.74, 6) is -0.471. The van der Waals surface area contributed by atoms with Crippen LogP contribution in [0.2, 0.25) is 0 Å². The molecular weight excluding hydrogens is 366 g/mol. The molecule has 0 aliphatic heterocycles. The second kappa shape index (κ2) is 8.01. The predicted molar refractivity (Wildman–Crippen MR) is 99.9 cm³/mol. The van der Waals surface area contributed by atoms with Gasteiger partial charge >= 0.3 is 0 Å². The third-order valence-electron chi connectivity index (χ3n) is 5.65. The Kier molecular flexibility index (Phi) is 5.98. The first kappa shape index (κ1) is 17.9. The molecule has 3 rings (SSSR count). The zero-order valence-corrected chi connectivity index (χ0v) is 15.9. The van der Waals surface area contributed by atoms with Crippen LogP contribution in [-0.2, 0) is 4.79 Å². The van der Waals surface area contributed by atoms with Crippen molar-refractivity contribution in [3.05, 3.63) is 34.3 Å². The van der Waals surface area contributed by atoms with Gasteiger partial charge in [0.25, 0.3) is 0 Å². The van der Waals surface area contributed by atoms with Gasteiger partial charge in [-0.15, -0.1) is 0 Å². The fraction of sp³-hybridized carbons (Fsp3) is 0.650. The van der Waals surface area contributed by atoms with E-state index >= 15 is 0 Å². The average molecular weight is 394 g/mol. The minimum Gasteiger partial charge on any atom is -0.389 e. The van der Waals surface area contributed by atoms with E-state index in [0.717, 1.165) is 42.1 Å². The Morgan fingerprint density at radius 1 is 1.12 bits per heavy atom. The Bertz CT molecular complexity index is 563. The lowest BCUT2D eigenvalue weighted by atomic mass is 9.72. The highest BCUT2D eigenvalue weighted by atomic mass is 79.9. The van der Waals surface area contributed by atoms with Gasteiger partial charge in [-0.25, -0.2) is 0 Å². The topological polar surface area (TPSA) is 49.3 Å². The summed E-state index contributed by atoms with van der Waals surface area (Å²) < 4.78 is 0.954. The molecule has 0 aromatic heterocycles. The Morgan fingerprint density at radius 3 is 2.46 bits per heavy atom. The Balaban J connectivity index is 1.84. The Labute approximate surface area is 153 Å². The molecule has 2 saturated carbocycles. The molecule has 3 nitrogen and oxygen atoms in total. The maximum absolute atomic E-state index is 13.1. The minimum atomic E-state index is -0.919. The van der Waals surface area contributed by atoms with Gasteiger partial charge in [0.2, 0.25) is 5.91 Å². The largest absolute Gasteiger partial charge is 0.389 e. The van der Waals surface area contributed by atoms with Crippen molar-refractivity contribution in [3.63, 3.8) is 0 Å². The van der Waals surface area contributed by atoms with E-state index in [1.165, 1.54) is 19.3 Å². The third kappa shape index (κ3) is 4.20. The zero-order valence-electron chi connectivity index (χ0n) is 14.3. The first-order chi connectivity index (χ1) is 11.6. The highest BCUT2D eigenvalue weighted by Crippen LogP contribution is 2.41. The standard InChI is InChI=1S/C20H28BrNO2/c21-16-9-7-8-15(14-16)18(20(24)12-5-2-6-13-20)19(23)22-17-10-3-1-4-11-17/h7-9,14,17-18,24H,1-6,10-13H2,(H,22,23). The van der Waals surface area contributed by atoms with Gasteiger partial charge in [0.15, 0.2) is 0 Å². The number of amides is 1. The van der Waals surface area contributed by atoms with E-state index in [1.807, 2.05) is 24.3 Å². The van der Waals surface area contributed by atoms with E-state index in [2.05, 4.69) is 21.2 Å². The number of benzene rings is 1. The van der Waals surface area contributed by atoms with Crippen molar-refractivity contribution in [1.82, 2.24) is 5.32 Å². The molecule has 0 heterocycles. The highest BCUT2D eigenvalue weighted by molar-refractivity contribution is 9.10. The van der Waals surface area contributed by atoms with Crippen molar-refractivity contribution in [2.24, 2.45) is 0 Å². The summed E-state index contributed by atoms with van der Waals surface area (Å²) in [6, 6.07) is 8.14. The maximum atomic E-state index is 13.1. The van der Waals surface area contributed by atoms with Gasteiger partial charge in [0, 0.05) is 10.5 Å². The molecule has 1 amide bonds. The molecule has 0 bridgehead atoms. The number of nitrogens with one attached hydrogen (secondary N) is 1. The summed E-state index contributed by atoms with van der Waals surface area (Å²) in [4.78, 5) is 13.1. The molecule has 1 unspecified atom stereocenters. The first-order valence-corrected chi connectivity index (χ1v) is 10.2. The van der Waals surface area contributed by atoms with Crippen LogP contribution in [0.25, 0.3) is 0 Å². The van der Waals surface area contributed by atoms with Crippen LogP contribution in [0.5, 0.6) is 0 Å². The van der Waals surface area contributed by atoms with Gasteiger partial charge in [0.1, 0.15) is 0 Å². The number of hydrogen-bond donors (Lipinski definition) is 2. The molecule has 0 radical (unpaired) electrons. The normalized spacial score (nSPS) is 22.8. The fourth-order valence-electron chi connectivity index (χ4n) is 4.38. The van der Waals surface area contributed by atoms with Crippen molar-refractivity contribution in [1.29, 1.82) is 0 Å². The molecule has 2 fully saturated rings. The molecular formula is C20H28BrNO2. The molecule has 24 heavy (non-hydrogen) atoms. The van der Waals surface area contributed by atoms with Crippen molar-refractivity contribution >= 4 is 21.8 Å². The van der Waals surface area contributed by atoms with Crippen LogP contribution in [0.4, 0.5) is 0 Å². The third-order valence-corrected chi connectivity index (χ3v) is 6.15. The average Bonchev–Trinajstić information content (AvgIpc) is 2.56. The van der Waals surface area contributed by atoms with E-state index in [-0.39, 0.29) is 11.9 Å². The fourth-order valence-corrected chi connectivity index (χ4v) is 4.79. The summed E-state index contributed by atoms with van der Waals surface area (Å²) in [6.45, 7) is 0. The van der Waals surface area contributed by atoms with Crippen LogP contribution < -0.4 is 5.32 Å². The molecule has 2 aliphatic carbocycles. The molecule has 132 valence electrons. The predicted octanol–water partition coefficient (Wildman–Crippen LogP) is 4.68. The smallest absolute Gasteiger partial charge is 0.230 e. The number of hydrogen-bond acceptors (Lipinski definition) is 2. The Morgan fingerprint density at radius 2 is 1.79 bits per heavy atom. The van der Waals surface area contributed by atoms with E-state index in [4.69, 9.17) is 0 Å². The lowest BCUT2D eigenvalue weighted by molar-refractivity contribution is -0.132. The molecule has 0 saturated heterocycles. The SMILES string of the molecule is O=C(NC1CCCCC1)C(c1cccc(Br)c1)C1(O)CCCCC1. The van der Waals surface area contributed by atoms with Gasteiger partial charge in [-0.2, -0.15) is 0 Å². The second-order valence-electron chi connectivity index (χ2n) is 7.50. The van der Waals surface area contributed by atoms with Crippen molar-refractivity contribution in [2.45, 2.75) is 81.8 Å². The summed E-state index contributed by atoms with van der Waals surface area (Å²) >= 11 is 3.51. The molecule has 1 aromatic rings. The van der Waals surface area contributed by atoms with Crippen LogP contribution in [0.15, 0.2) is 28.7 Å². The number of rotatable bonds is 4. The monoisotopic (exact) mass is 393 g/mol. The summed E-state index contributed by atoms with van der Waals surface area (Å²) in [6.07, 6.45) is 10.3. The summed E-state index contributed by atoms with van der Waals surface area (Å²) in [5.41, 5.74) is -0.000259. The van der Waals surface area contributed by atoms with E-state index in [1.54, 1.807) is 0 Å². The molecule has 1 aromatic carbocycles. The number of carbonyl (C=O) groups is 1. The second-order valence-corrected chi connectivity index (χ2v) is 8.41. The van der Waals surface area contributed by atoms with Gasteiger partial charge < -0.3 is 10.4 Å². The molecule has 2 N–H and O–H groups in total. The van der Waals surface area contributed by atoms with E-state index in [9.17, 15) is 9.90 Å².